The fraction of sp³-hybridized carbons (Fsp3) is 0.391. The van der Waals surface area contributed by atoms with Gasteiger partial charge in [0, 0.05) is 22.7 Å². The molecule has 156 valence electrons. The molecule has 29 heavy (non-hydrogen) atoms. The van der Waals surface area contributed by atoms with Crippen LogP contribution in [-0.4, -0.2) is 28.3 Å². The van der Waals surface area contributed by atoms with Crippen LogP contribution < -0.4 is 5.32 Å². The second-order valence-electron chi connectivity index (χ2n) is 8.30. The predicted octanol–water partition coefficient (Wildman–Crippen LogP) is 4.66. The van der Waals surface area contributed by atoms with E-state index in [-0.39, 0.29) is 35.4 Å². The zero-order valence-electron chi connectivity index (χ0n) is 17.6. The summed E-state index contributed by atoms with van der Waals surface area (Å²) in [5.41, 5.74) is 1.69. The first-order valence-corrected chi connectivity index (χ1v) is 9.95. The lowest BCUT2D eigenvalue weighted by molar-refractivity contribution is -0.140. The summed E-state index contributed by atoms with van der Waals surface area (Å²) in [5, 5.41) is 3.10. The van der Waals surface area contributed by atoms with Gasteiger partial charge in [-0.15, -0.1) is 0 Å². The van der Waals surface area contributed by atoms with Crippen molar-refractivity contribution in [2.75, 3.05) is 0 Å². The molecule has 0 heterocycles. The van der Waals surface area contributed by atoms with Gasteiger partial charge in [-0.1, -0.05) is 47.5 Å². The second-order valence-corrected chi connectivity index (χ2v) is 8.71. The molecule has 2 aromatic carbocycles. The summed E-state index contributed by atoms with van der Waals surface area (Å²) in [6, 6.07) is 11.3. The largest absolute Gasteiger partial charge is 0.350 e. The average Bonchev–Trinajstić information content (AvgIpc) is 2.62. The van der Waals surface area contributed by atoms with Crippen LogP contribution in [-0.2, 0) is 22.6 Å². The summed E-state index contributed by atoms with van der Waals surface area (Å²) in [7, 11) is 0. The van der Waals surface area contributed by atoms with Crippen molar-refractivity contribution >= 4 is 23.4 Å². The van der Waals surface area contributed by atoms with Gasteiger partial charge in [0.05, 0.1) is 6.42 Å². The van der Waals surface area contributed by atoms with Crippen LogP contribution in [0.3, 0.4) is 0 Å². The maximum absolute atomic E-state index is 14.2. The molecule has 0 fully saturated rings. The minimum Gasteiger partial charge on any atom is -0.350 e. The van der Waals surface area contributed by atoms with E-state index in [0.717, 1.165) is 11.1 Å². The molecule has 6 heteroatoms. The Balaban J connectivity index is 2.30. The molecule has 0 saturated carbocycles. The van der Waals surface area contributed by atoms with E-state index in [9.17, 15) is 14.0 Å². The topological polar surface area (TPSA) is 49.4 Å². The Morgan fingerprint density at radius 2 is 1.76 bits per heavy atom. The number of aryl methyl sites for hydroxylation is 1. The summed E-state index contributed by atoms with van der Waals surface area (Å²) in [5.74, 6) is -1.17. The van der Waals surface area contributed by atoms with E-state index in [1.807, 2.05) is 52.0 Å². The molecule has 0 unspecified atom stereocenters. The van der Waals surface area contributed by atoms with Crippen molar-refractivity contribution in [2.24, 2.45) is 0 Å². The number of nitrogens with one attached hydrogen (secondary N) is 1. The molecule has 4 nitrogen and oxygen atoms in total. The van der Waals surface area contributed by atoms with Gasteiger partial charge in [0.25, 0.3) is 0 Å². The number of amides is 2. The van der Waals surface area contributed by atoms with Gasteiger partial charge in [-0.25, -0.2) is 4.39 Å². The molecule has 0 bridgehead atoms. The Morgan fingerprint density at radius 3 is 2.31 bits per heavy atom. The zero-order valence-corrected chi connectivity index (χ0v) is 18.3. The molecule has 2 aromatic rings. The summed E-state index contributed by atoms with van der Waals surface area (Å²) in [4.78, 5) is 27.3. The number of carbonyl (C=O) groups is 2. The number of carbonyl (C=O) groups excluding carboxylic acids is 2. The highest BCUT2D eigenvalue weighted by molar-refractivity contribution is 6.31. The monoisotopic (exact) mass is 418 g/mol. The van der Waals surface area contributed by atoms with E-state index in [2.05, 4.69) is 5.32 Å². The van der Waals surface area contributed by atoms with Crippen LogP contribution in [0.4, 0.5) is 4.39 Å². The zero-order chi connectivity index (χ0) is 21.8. The molecule has 0 radical (unpaired) electrons. The minimum atomic E-state index is -0.728. The Hall–Kier alpha value is -2.40. The average molecular weight is 419 g/mol. The van der Waals surface area contributed by atoms with Gasteiger partial charge in [0.1, 0.15) is 11.9 Å². The van der Waals surface area contributed by atoms with Crippen molar-refractivity contribution in [2.45, 2.75) is 59.2 Å². The first-order chi connectivity index (χ1) is 13.5. The molecular weight excluding hydrogens is 391 g/mol. The molecule has 0 spiro atoms. The first kappa shape index (κ1) is 22.9. The number of nitrogens with zero attached hydrogens (tertiary/aromatic N) is 1. The van der Waals surface area contributed by atoms with Gasteiger partial charge in [-0.3, -0.25) is 9.59 Å². The maximum Gasteiger partial charge on any atom is 0.242 e. The van der Waals surface area contributed by atoms with Gasteiger partial charge in [-0.05, 0) is 52.3 Å². The van der Waals surface area contributed by atoms with Crippen molar-refractivity contribution in [1.82, 2.24) is 10.2 Å². The third-order valence-electron chi connectivity index (χ3n) is 4.53. The highest BCUT2D eigenvalue weighted by atomic mass is 35.5. The van der Waals surface area contributed by atoms with Crippen LogP contribution >= 0.6 is 11.6 Å². The van der Waals surface area contributed by atoms with Crippen LogP contribution in [0.2, 0.25) is 5.02 Å². The Kier molecular flexibility index (Phi) is 7.42. The van der Waals surface area contributed by atoms with Crippen LogP contribution in [0, 0.1) is 12.7 Å². The predicted molar refractivity (Wildman–Crippen MR) is 114 cm³/mol. The van der Waals surface area contributed by atoms with E-state index in [1.54, 1.807) is 13.0 Å². The molecule has 1 N–H and O–H groups in total. The number of rotatable bonds is 6. The Bertz CT molecular complexity index is 855. The van der Waals surface area contributed by atoms with Crippen molar-refractivity contribution in [1.29, 1.82) is 0 Å². The second kappa shape index (κ2) is 9.40. The lowest BCUT2D eigenvalue weighted by Crippen LogP contribution is -2.52. The molecule has 0 aliphatic carbocycles. The lowest BCUT2D eigenvalue weighted by atomic mass is 10.1. The van der Waals surface area contributed by atoms with Crippen LogP contribution in [0.15, 0.2) is 42.5 Å². The number of hydrogen-bond donors (Lipinski definition) is 1. The lowest BCUT2D eigenvalue weighted by Gasteiger charge is -2.31. The molecule has 2 rings (SSSR count). The fourth-order valence-corrected chi connectivity index (χ4v) is 3.13. The summed E-state index contributed by atoms with van der Waals surface area (Å²) in [6.45, 7) is 9.53. The van der Waals surface area contributed by atoms with Crippen molar-refractivity contribution in [3.8, 4) is 0 Å². The third-order valence-corrected chi connectivity index (χ3v) is 4.88. The van der Waals surface area contributed by atoms with Gasteiger partial charge >= 0.3 is 0 Å². The van der Waals surface area contributed by atoms with Crippen LogP contribution in [0.25, 0.3) is 0 Å². The number of hydrogen-bond acceptors (Lipinski definition) is 2. The van der Waals surface area contributed by atoms with Gasteiger partial charge < -0.3 is 10.2 Å². The van der Waals surface area contributed by atoms with Crippen molar-refractivity contribution in [3.63, 3.8) is 0 Å². The van der Waals surface area contributed by atoms with Crippen LogP contribution in [0.1, 0.15) is 44.4 Å². The van der Waals surface area contributed by atoms with E-state index < -0.39 is 17.4 Å². The van der Waals surface area contributed by atoms with E-state index in [4.69, 9.17) is 11.6 Å². The molecule has 0 aliphatic heterocycles. The summed E-state index contributed by atoms with van der Waals surface area (Å²) >= 11 is 6.10. The van der Waals surface area contributed by atoms with Gasteiger partial charge in [-0.2, -0.15) is 0 Å². The Morgan fingerprint density at radius 1 is 1.14 bits per heavy atom. The summed E-state index contributed by atoms with van der Waals surface area (Å²) < 4.78 is 14.2. The van der Waals surface area contributed by atoms with Gasteiger partial charge in [0.2, 0.25) is 11.8 Å². The SMILES string of the molecule is Cc1ccc(CN(C(=O)Cc2c(F)cccc2Cl)[C@@H](C)C(=O)NC(C)(C)C)cc1. The molecule has 0 saturated heterocycles. The van der Waals surface area contributed by atoms with E-state index in [1.165, 1.54) is 17.0 Å². The standard InChI is InChI=1S/C23H28ClFN2O2/c1-15-9-11-17(12-10-15)14-27(16(2)22(29)26-23(3,4)5)21(28)13-18-19(24)7-6-8-20(18)25/h6-12,16H,13-14H2,1-5H3,(H,26,29)/t16-/m0/s1. The van der Waals surface area contributed by atoms with Crippen molar-refractivity contribution < 1.29 is 14.0 Å². The maximum atomic E-state index is 14.2. The molecular formula is C23H28ClFN2O2. The minimum absolute atomic E-state index is 0.136. The van der Waals surface area contributed by atoms with Crippen LogP contribution in [0.5, 0.6) is 0 Å². The van der Waals surface area contributed by atoms with Gasteiger partial charge in [0.15, 0.2) is 0 Å². The molecule has 2 amide bonds. The van der Waals surface area contributed by atoms with Crippen molar-refractivity contribution in [3.05, 3.63) is 70.0 Å². The Labute approximate surface area is 177 Å². The molecule has 0 aromatic heterocycles. The highest BCUT2D eigenvalue weighted by Gasteiger charge is 2.29. The molecule has 1 atom stereocenters. The number of benzene rings is 2. The highest BCUT2D eigenvalue weighted by Crippen LogP contribution is 2.21. The summed E-state index contributed by atoms with van der Waals surface area (Å²) in [6.07, 6.45) is -0.218. The van der Waals surface area contributed by atoms with E-state index in [0.29, 0.717) is 0 Å². The smallest absolute Gasteiger partial charge is 0.242 e. The normalized spacial score (nSPS) is 12.4. The third kappa shape index (κ3) is 6.57. The quantitative estimate of drug-likeness (QED) is 0.741. The number of halogens is 2. The first-order valence-electron chi connectivity index (χ1n) is 9.58. The molecule has 0 aliphatic rings. The van der Waals surface area contributed by atoms with E-state index >= 15 is 0 Å². The fourth-order valence-electron chi connectivity index (χ4n) is 2.90.